The number of nitrogens with one attached hydrogen (secondary N) is 3. The number of esters is 3. The molecule has 3 rings (SSSR count). The van der Waals surface area contributed by atoms with Gasteiger partial charge in [0.25, 0.3) is 0 Å². The van der Waals surface area contributed by atoms with Crippen LogP contribution in [0.1, 0.15) is 132 Å². The van der Waals surface area contributed by atoms with E-state index < -0.39 is 66.4 Å². The average Bonchev–Trinajstić information content (AvgIpc) is 3.72. The molecule has 0 fully saturated rings. The normalized spacial score (nSPS) is 12.9. The Hall–Kier alpha value is -4.65. The summed E-state index contributed by atoms with van der Waals surface area (Å²) in [5, 5.41) is 8.40. The minimum absolute atomic E-state index is 0.0306. The first-order valence-corrected chi connectivity index (χ1v) is 22.5. The molecular formula is C40H64N7O13P. The number of ether oxygens (including phenoxy) is 5. The molecule has 0 spiro atoms. The van der Waals surface area contributed by atoms with Crippen molar-refractivity contribution in [3.8, 4) is 0 Å². The van der Waals surface area contributed by atoms with E-state index in [4.69, 9.17) is 32.5 Å². The van der Waals surface area contributed by atoms with E-state index in [-0.39, 0.29) is 55.6 Å². The number of hydrogen-bond donors (Lipinski definition) is 3. The fraction of sp³-hybridized carbons (Fsp3) is 0.700. The topological polar surface area (TPSA) is 255 Å². The first-order chi connectivity index (χ1) is 28.6. The van der Waals surface area contributed by atoms with Crippen molar-refractivity contribution in [2.24, 2.45) is 0 Å². The zero-order chi connectivity index (χ0) is 45.4. The largest absolute Gasteiger partial charge is 0.519 e. The van der Waals surface area contributed by atoms with Gasteiger partial charge in [-0.1, -0.05) is 52.4 Å². The Morgan fingerprint density at radius 2 is 1.43 bits per heavy atom. The van der Waals surface area contributed by atoms with E-state index >= 15 is 0 Å². The molecule has 20 nitrogen and oxygen atoms in total. The SMILES string of the molecule is CCCCCCOC(=O)C(C)(C)NP(=O)(CO[C@H](C)Cn1cnc2c(NC(=O)OC(C)(C)CC(=O)OCc3oc(=O)oc3C)ncnc21)NC(C)(C)C(=O)OCCCCCC. The Bertz CT molecular complexity index is 1980. The third kappa shape index (κ3) is 16.6. The summed E-state index contributed by atoms with van der Waals surface area (Å²) in [5.74, 6) is -2.57. The number of rotatable bonds is 27. The van der Waals surface area contributed by atoms with Crippen LogP contribution in [0.25, 0.3) is 11.2 Å². The average molecular weight is 882 g/mol. The highest BCUT2D eigenvalue weighted by atomic mass is 31.2. The molecule has 0 radical (unpaired) electrons. The number of imidazole rings is 1. The predicted octanol–water partition coefficient (Wildman–Crippen LogP) is 6.68. The lowest BCUT2D eigenvalue weighted by Gasteiger charge is -2.35. The number of anilines is 1. The van der Waals surface area contributed by atoms with Gasteiger partial charge in [-0.2, -0.15) is 0 Å². The van der Waals surface area contributed by atoms with Crippen LogP contribution < -0.4 is 21.3 Å². The second-order valence-corrected chi connectivity index (χ2v) is 18.7. The second kappa shape index (κ2) is 23.0. The lowest BCUT2D eigenvalue weighted by atomic mass is 10.1. The number of amides is 1. The van der Waals surface area contributed by atoms with Crippen LogP contribution in [0.2, 0.25) is 0 Å². The third-order valence-corrected chi connectivity index (χ3v) is 11.5. The molecule has 0 saturated heterocycles. The fourth-order valence-electron chi connectivity index (χ4n) is 5.96. The van der Waals surface area contributed by atoms with Gasteiger partial charge in [-0.05, 0) is 68.2 Å². The summed E-state index contributed by atoms with van der Waals surface area (Å²) in [6.45, 7) is 16.9. The maximum absolute atomic E-state index is 14.7. The summed E-state index contributed by atoms with van der Waals surface area (Å²) in [6, 6.07) is 0. The molecule has 342 valence electrons. The molecule has 1 amide bonds. The molecule has 0 aromatic carbocycles. The standard InChI is InChI=1S/C40H64N7O13P/c1-11-13-15-17-19-54-34(49)39(7,8)45-61(53,46-40(9,10)35(50)55-20-18-16-14-12-2)26-57-27(3)22-47-25-43-31-32(41-24-42-33(31)47)44-36(51)60-38(5,6)21-30(48)56-23-29-28(4)58-37(52)59-29/h24-25,27H,11-23,26H2,1-10H3,(H2,45,46,53)(H,41,42,44,51)/t27-/m1/s1. The Labute approximate surface area is 356 Å². The summed E-state index contributed by atoms with van der Waals surface area (Å²) in [5.41, 5.74) is -3.63. The molecule has 0 unspecified atom stereocenters. The van der Waals surface area contributed by atoms with Crippen molar-refractivity contribution in [3.63, 3.8) is 0 Å². The third-order valence-electron chi connectivity index (χ3n) is 9.16. The van der Waals surface area contributed by atoms with Crippen LogP contribution in [-0.4, -0.2) is 85.9 Å². The minimum atomic E-state index is -3.92. The first-order valence-electron chi connectivity index (χ1n) is 20.6. The van der Waals surface area contributed by atoms with Crippen molar-refractivity contribution in [3.05, 3.63) is 34.8 Å². The number of nitrogens with zero attached hydrogens (tertiary/aromatic N) is 4. The molecule has 61 heavy (non-hydrogen) atoms. The van der Waals surface area contributed by atoms with Gasteiger partial charge in [0.15, 0.2) is 35.1 Å². The zero-order valence-corrected chi connectivity index (χ0v) is 38.1. The van der Waals surface area contributed by atoms with Gasteiger partial charge in [0.05, 0.1) is 38.6 Å². The summed E-state index contributed by atoms with van der Waals surface area (Å²) in [7, 11) is -3.92. The van der Waals surface area contributed by atoms with Gasteiger partial charge in [0.2, 0.25) is 7.44 Å². The van der Waals surface area contributed by atoms with E-state index in [1.807, 2.05) is 0 Å². The monoisotopic (exact) mass is 881 g/mol. The van der Waals surface area contributed by atoms with Gasteiger partial charge in [-0.3, -0.25) is 24.3 Å². The van der Waals surface area contributed by atoms with Crippen molar-refractivity contribution in [2.75, 3.05) is 24.9 Å². The summed E-state index contributed by atoms with van der Waals surface area (Å²) in [6.07, 6.45) is 7.72. The van der Waals surface area contributed by atoms with Crippen LogP contribution in [0.3, 0.4) is 0 Å². The molecule has 0 aliphatic carbocycles. The van der Waals surface area contributed by atoms with Crippen molar-refractivity contribution in [1.29, 1.82) is 0 Å². The Kier molecular flexibility index (Phi) is 19.1. The van der Waals surface area contributed by atoms with Crippen LogP contribution in [0, 0.1) is 6.92 Å². The van der Waals surface area contributed by atoms with Gasteiger partial charge >= 0.3 is 29.8 Å². The lowest BCUT2D eigenvalue weighted by Crippen LogP contribution is -2.54. The van der Waals surface area contributed by atoms with Crippen molar-refractivity contribution < 1.29 is 56.3 Å². The Balaban J connectivity index is 1.68. The quantitative estimate of drug-likeness (QED) is 0.0312. The highest BCUT2D eigenvalue weighted by Crippen LogP contribution is 2.42. The lowest BCUT2D eigenvalue weighted by molar-refractivity contribution is -0.151. The van der Waals surface area contributed by atoms with Crippen molar-refractivity contribution >= 4 is 48.4 Å². The van der Waals surface area contributed by atoms with E-state index in [2.05, 4.69) is 44.3 Å². The van der Waals surface area contributed by atoms with E-state index in [0.29, 0.717) is 18.5 Å². The second-order valence-electron chi connectivity index (χ2n) is 16.5. The molecule has 0 saturated carbocycles. The summed E-state index contributed by atoms with van der Waals surface area (Å²) >= 11 is 0. The fourth-order valence-corrected chi connectivity index (χ4v) is 8.60. The molecule has 3 N–H and O–H groups in total. The summed E-state index contributed by atoms with van der Waals surface area (Å²) in [4.78, 5) is 75.9. The first kappa shape index (κ1) is 50.7. The highest BCUT2D eigenvalue weighted by molar-refractivity contribution is 7.59. The molecule has 0 aliphatic rings. The Morgan fingerprint density at radius 1 is 0.836 bits per heavy atom. The van der Waals surface area contributed by atoms with Gasteiger partial charge in [0, 0.05) is 0 Å². The molecule has 21 heteroatoms. The minimum Gasteiger partial charge on any atom is -0.464 e. The molecule has 0 aliphatic heterocycles. The molecule has 3 aromatic heterocycles. The van der Waals surface area contributed by atoms with Crippen molar-refractivity contribution in [1.82, 2.24) is 29.7 Å². The highest BCUT2D eigenvalue weighted by Gasteiger charge is 2.43. The number of carbonyl (C=O) groups is 4. The van der Waals surface area contributed by atoms with Crippen molar-refractivity contribution in [2.45, 2.75) is 163 Å². The van der Waals surface area contributed by atoms with Gasteiger partial charge in [-0.25, -0.2) is 34.7 Å². The molecular weight excluding hydrogens is 817 g/mol. The predicted molar refractivity (Wildman–Crippen MR) is 224 cm³/mol. The van der Waals surface area contributed by atoms with Gasteiger partial charge in [-0.15, -0.1) is 0 Å². The number of hydrogen-bond acceptors (Lipinski definition) is 16. The maximum atomic E-state index is 14.7. The smallest absolute Gasteiger partial charge is 0.464 e. The molecule has 0 bridgehead atoms. The van der Waals surface area contributed by atoms with Crippen LogP contribution in [-0.2, 0) is 55.8 Å². The zero-order valence-electron chi connectivity index (χ0n) is 37.2. The summed E-state index contributed by atoms with van der Waals surface area (Å²) < 4.78 is 53.7. The van der Waals surface area contributed by atoms with Crippen LogP contribution >= 0.6 is 7.44 Å². The van der Waals surface area contributed by atoms with Crippen LogP contribution in [0.4, 0.5) is 10.6 Å². The maximum Gasteiger partial charge on any atom is 0.519 e. The van der Waals surface area contributed by atoms with Crippen LogP contribution in [0.5, 0.6) is 0 Å². The number of fused-ring (bicyclic) bond motifs is 1. The number of aromatic nitrogens is 4. The number of aryl methyl sites for hydroxylation is 1. The molecule has 3 aromatic rings. The van der Waals surface area contributed by atoms with E-state index in [1.165, 1.54) is 33.4 Å². The molecule has 3 heterocycles. The number of carbonyl (C=O) groups excluding carboxylic acids is 4. The Morgan fingerprint density at radius 3 is 1.97 bits per heavy atom. The van der Waals surface area contributed by atoms with E-state index in [9.17, 15) is 28.5 Å². The van der Waals surface area contributed by atoms with E-state index in [0.717, 1.165) is 38.5 Å². The molecule has 1 atom stereocenters. The van der Waals surface area contributed by atoms with Gasteiger partial charge in [0.1, 0.15) is 29.4 Å². The van der Waals surface area contributed by atoms with Gasteiger partial charge < -0.3 is 37.1 Å². The van der Waals surface area contributed by atoms with Crippen LogP contribution in [0.15, 0.2) is 26.3 Å². The number of unbranched alkanes of at least 4 members (excludes halogenated alkanes) is 6. The van der Waals surface area contributed by atoms with E-state index in [1.54, 1.807) is 39.2 Å².